The topological polar surface area (TPSA) is 67.4 Å². The van der Waals surface area contributed by atoms with E-state index in [-0.39, 0.29) is 18.7 Å². The Bertz CT molecular complexity index is 267. The molecule has 1 atom stereocenters. The summed E-state index contributed by atoms with van der Waals surface area (Å²) in [6.07, 6.45) is -4.04. The SMILES string of the molecule is O=C1CC[C@@H](C(=O)NOCC(F)(F)F)N1. The first-order valence-electron chi connectivity index (χ1n) is 4.16. The average molecular weight is 226 g/mol. The van der Waals surface area contributed by atoms with Crippen molar-refractivity contribution >= 4 is 11.8 Å². The molecule has 1 rings (SSSR count). The lowest BCUT2D eigenvalue weighted by Gasteiger charge is -2.11. The molecular formula is C7H9F3N2O3. The number of rotatable bonds is 3. The third kappa shape index (κ3) is 4.15. The third-order valence-corrected chi connectivity index (χ3v) is 1.72. The highest BCUT2D eigenvalue weighted by Crippen LogP contribution is 2.13. The second-order valence-corrected chi connectivity index (χ2v) is 3.03. The van der Waals surface area contributed by atoms with Gasteiger partial charge < -0.3 is 5.32 Å². The van der Waals surface area contributed by atoms with Gasteiger partial charge in [-0.25, -0.2) is 5.48 Å². The van der Waals surface area contributed by atoms with E-state index in [1.54, 1.807) is 5.48 Å². The molecule has 1 fully saturated rings. The Morgan fingerprint density at radius 2 is 2.27 bits per heavy atom. The van der Waals surface area contributed by atoms with Crippen LogP contribution in [0.25, 0.3) is 0 Å². The van der Waals surface area contributed by atoms with E-state index in [2.05, 4.69) is 10.2 Å². The quantitative estimate of drug-likeness (QED) is 0.659. The first kappa shape index (κ1) is 11.8. The molecule has 0 aliphatic carbocycles. The fourth-order valence-corrected chi connectivity index (χ4v) is 1.07. The summed E-state index contributed by atoms with van der Waals surface area (Å²) in [6, 6.07) is -0.800. The van der Waals surface area contributed by atoms with Gasteiger partial charge in [0.2, 0.25) is 5.91 Å². The summed E-state index contributed by atoms with van der Waals surface area (Å²) in [5.41, 5.74) is 1.63. The van der Waals surface area contributed by atoms with Gasteiger partial charge in [0, 0.05) is 6.42 Å². The molecule has 1 saturated heterocycles. The lowest BCUT2D eigenvalue weighted by molar-refractivity contribution is -0.192. The van der Waals surface area contributed by atoms with Gasteiger partial charge in [0.15, 0.2) is 6.61 Å². The monoisotopic (exact) mass is 226 g/mol. The molecule has 0 bridgehead atoms. The van der Waals surface area contributed by atoms with Crippen molar-refractivity contribution in [3.05, 3.63) is 0 Å². The molecule has 0 aromatic carbocycles. The van der Waals surface area contributed by atoms with Crippen LogP contribution in [0.1, 0.15) is 12.8 Å². The van der Waals surface area contributed by atoms with Crippen molar-refractivity contribution in [2.24, 2.45) is 0 Å². The van der Waals surface area contributed by atoms with E-state index in [4.69, 9.17) is 0 Å². The van der Waals surface area contributed by atoms with E-state index in [1.807, 2.05) is 0 Å². The van der Waals surface area contributed by atoms with Crippen molar-refractivity contribution in [2.75, 3.05) is 6.61 Å². The number of amides is 2. The number of halogens is 3. The summed E-state index contributed by atoms with van der Waals surface area (Å²) in [5.74, 6) is -1.07. The van der Waals surface area contributed by atoms with E-state index in [0.717, 1.165) is 0 Å². The minimum Gasteiger partial charge on any atom is -0.344 e. The van der Waals surface area contributed by atoms with E-state index in [0.29, 0.717) is 0 Å². The highest BCUT2D eigenvalue weighted by molar-refractivity contribution is 5.90. The summed E-state index contributed by atoms with van der Waals surface area (Å²) < 4.78 is 34.8. The number of carbonyl (C=O) groups is 2. The Balaban J connectivity index is 2.22. The lowest BCUT2D eigenvalue weighted by atomic mass is 10.2. The van der Waals surface area contributed by atoms with E-state index < -0.39 is 24.7 Å². The molecule has 0 aromatic heterocycles. The Labute approximate surface area is 82.9 Å². The van der Waals surface area contributed by atoms with Gasteiger partial charge in [-0.15, -0.1) is 0 Å². The van der Waals surface area contributed by atoms with Crippen molar-refractivity contribution in [3.8, 4) is 0 Å². The van der Waals surface area contributed by atoms with Crippen molar-refractivity contribution in [2.45, 2.75) is 25.1 Å². The van der Waals surface area contributed by atoms with Gasteiger partial charge in [-0.3, -0.25) is 14.4 Å². The van der Waals surface area contributed by atoms with Gasteiger partial charge in [-0.1, -0.05) is 0 Å². The molecule has 0 unspecified atom stereocenters. The molecule has 0 aromatic rings. The minimum atomic E-state index is -4.49. The second-order valence-electron chi connectivity index (χ2n) is 3.03. The molecular weight excluding hydrogens is 217 g/mol. The standard InChI is InChI=1S/C7H9F3N2O3/c8-7(9,10)3-15-12-6(14)4-1-2-5(13)11-4/h4H,1-3H2,(H,11,13)(H,12,14)/t4-/m0/s1. The molecule has 2 N–H and O–H groups in total. The maximum atomic E-state index is 11.6. The zero-order chi connectivity index (χ0) is 11.5. The van der Waals surface area contributed by atoms with E-state index in [1.165, 1.54) is 0 Å². The zero-order valence-electron chi connectivity index (χ0n) is 7.56. The highest BCUT2D eigenvalue weighted by atomic mass is 19.4. The summed E-state index contributed by atoms with van der Waals surface area (Å²) >= 11 is 0. The van der Waals surface area contributed by atoms with Gasteiger partial charge in [-0.05, 0) is 6.42 Å². The van der Waals surface area contributed by atoms with Crippen LogP contribution in [0.3, 0.4) is 0 Å². The molecule has 0 saturated carbocycles. The molecule has 1 heterocycles. The Morgan fingerprint density at radius 1 is 1.60 bits per heavy atom. The second kappa shape index (κ2) is 4.47. The van der Waals surface area contributed by atoms with Crippen molar-refractivity contribution < 1.29 is 27.6 Å². The average Bonchev–Trinajstić information content (AvgIpc) is 2.49. The normalized spacial score (nSPS) is 21.3. The summed E-state index contributed by atoms with van der Waals surface area (Å²) in [5, 5.41) is 2.29. The Morgan fingerprint density at radius 3 is 2.73 bits per heavy atom. The van der Waals surface area contributed by atoms with Crippen LogP contribution in [-0.4, -0.2) is 30.6 Å². The Hall–Kier alpha value is -1.31. The number of carbonyl (C=O) groups excluding carboxylic acids is 2. The molecule has 0 spiro atoms. The zero-order valence-corrected chi connectivity index (χ0v) is 7.56. The van der Waals surface area contributed by atoms with Gasteiger partial charge >= 0.3 is 6.18 Å². The number of hydrogen-bond acceptors (Lipinski definition) is 3. The van der Waals surface area contributed by atoms with Crippen molar-refractivity contribution in [1.29, 1.82) is 0 Å². The van der Waals surface area contributed by atoms with Gasteiger partial charge in [0.05, 0.1) is 0 Å². The van der Waals surface area contributed by atoms with E-state index >= 15 is 0 Å². The van der Waals surface area contributed by atoms with Crippen LogP contribution in [-0.2, 0) is 14.4 Å². The van der Waals surface area contributed by atoms with Gasteiger partial charge in [-0.2, -0.15) is 13.2 Å². The van der Waals surface area contributed by atoms with Crippen LogP contribution in [0, 0.1) is 0 Å². The third-order valence-electron chi connectivity index (χ3n) is 1.72. The van der Waals surface area contributed by atoms with E-state index in [9.17, 15) is 22.8 Å². The maximum Gasteiger partial charge on any atom is 0.414 e. The van der Waals surface area contributed by atoms with Crippen molar-refractivity contribution in [3.63, 3.8) is 0 Å². The van der Waals surface area contributed by atoms with Crippen LogP contribution in [0.2, 0.25) is 0 Å². The van der Waals surface area contributed by atoms with Crippen LogP contribution in [0.15, 0.2) is 0 Å². The first-order chi connectivity index (χ1) is 6.88. The van der Waals surface area contributed by atoms with Crippen molar-refractivity contribution in [1.82, 2.24) is 10.8 Å². The minimum absolute atomic E-state index is 0.192. The summed E-state index contributed by atoms with van der Waals surface area (Å²) in [7, 11) is 0. The molecule has 15 heavy (non-hydrogen) atoms. The predicted molar refractivity (Wildman–Crippen MR) is 41.3 cm³/mol. The van der Waals surface area contributed by atoms with Crippen LogP contribution >= 0.6 is 0 Å². The fraction of sp³-hybridized carbons (Fsp3) is 0.714. The lowest BCUT2D eigenvalue weighted by Crippen LogP contribution is -2.42. The molecule has 8 heteroatoms. The molecule has 0 radical (unpaired) electrons. The number of hydroxylamine groups is 1. The molecule has 5 nitrogen and oxygen atoms in total. The fourth-order valence-electron chi connectivity index (χ4n) is 1.07. The van der Waals surface area contributed by atoms with Crippen LogP contribution < -0.4 is 10.8 Å². The Kier molecular flexibility index (Phi) is 3.51. The predicted octanol–water partition coefficient (Wildman–Crippen LogP) is -0.125. The first-order valence-corrected chi connectivity index (χ1v) is 4.16. The van der Waals surface area contributed by atoms with Crippen LogP contribution in [0.5, 0.6) is 0 Å². The molecule has 2 amide bonds. The number of nitrogens with one attached hydrogen (secondary N) is 2. The number of alkyl halides is 3. The highest BCUT2D eigenvalue weighted by Gasteiger charge is 2.30. The van der Waals surface area contributed by atoms with Gasteiger partial charge in [0.1, 0.15) is 6.04 Å². The van der Waals surface area contributed by atoms with Crippen LogP contribution in [0.4, 0.5) is 13.2 Å². The maximum absolute atomic E-state index is 11.6. The summed E-state index contributed by atoms with van der Waals surface area (Å²) in [6.45, 7) is -1.56. The summed E-state index contributed by atoms with van der Waals surface area (Å²) in [4.78, 5) is 25.7. The van der Waals surface area contributed by atoms with Gasteiger partial charge in [0.25, 0.3) is 5.91 Å². The molecule has 1 aliphatic heterocycles. The molecule has 1 aliphatic rings. The molecule has 86 valence electrons. The largest absolute Gasteiger partial charge is 0.414 e. The smallest absolute Gasteiger partial charge is 0.344 e. The number of hydrogen-bond donors (Lipinski definition) is 2.